The minimum absolute atomic E-state index is 0.0259. The van der Waals surface area contributed by atoms with E-state index in [9.17, 15) is 36.3 Å². The predicted octanol–water partition coefficient (Wildman–Crippen LogP) is 4.08. The predicted molar refractivity (Wildman–Crippen MR) is 154 cm³/mol. The smallest absolute Gasteiger partial charge is 0.376 e. The van der Waals surface area contributed by atoms with E-state index in [1.807, 2.05) is 4.90 Å². The Kier molecular flexibility index (Phi) is 8.44. The number of aliphatic hydroxyl groups is 1. The molecule has 2 fully saturated rings. The molecule has 230 valence electrons. The molecule has 0 spiro atoms. The average molecular weight is 629 g/mol. The van der Waals surface area contributed by atoms with Crippen LogP contribution in [0, 0.1) is 0 Å². The summed E-state index contributed by atoms with van der Waals surface area (Å²) in [6.07, 6.45) is -4.89. The zero-order valence-electron chi connectivity index (χ0n) is 24.0. The van der Waals surface area contributed by atoms with Crippen LogP contribution in [0.4, 0.5) is 23.7 Å². The van der Waals surface area contributed by atoms with Crippen LogP contribution in [0.1, 0.15) is 40.2 Å². The molecule has 1 N–H and O–H groups in total. The number of halogens is 3. The number of anilines is 1. The Morgan fingerprint density at radius 2 is 1.64 bits per heavy atom. The van der Waals surface area contributed by atoms with Crippen LogP contribution in [-0.2, 0) is 20.4 Å². The monoisotopic (exact) mass is 628 g/mol. The average Bonchev–Trinajstić information content (AvgIpc) is 3.07. The number of nitrogens with zero attached hydrogens (tertiary/aromatic N) is 4. The number of amides is 3. The molecule has 2 aliphatic heterocycles. The number of benzene rings is 2. The summed E-state index contributed by atoms with van der Waals surface area (Å²) < 4.78 is 68.8. The maximum atomic E-state index is 13.6. The van der Waals surface area contributed by atoms with Crippen molar-refractivity contribution in [2.75, 3.05) is 31.1 Å². The highest BCUT2D eigenvalue weighted by Gasteiger charge is 2.54. The van der Waals surface area contributed by atoms with E-state index < -0.39 is 45.5 Å². The molecule has 2 aromatic carbocycles. The van der Waals surface area contributed by atoms with Gasteiger partial charge < -0.3 is 14.9 Å². The Bertz CT molecular complexity index is 1460. The second-order valence-electron chi connectivity index (χ2n) is 11.5. The van der Waals surface area contributed by atoms with E-state index in [2.05, 4.69) is 12.6 Å². The van der Waals surface area contributed by atoms with Crippen molar-refractivity contribution in [1.82, 2.24) is 14.1 Å². The number of alkyl halides is 3. The number of hydrogen-bond donors (Lipinski definition) is 2. The van der Waals surface area contributed by atoms with Crippen molar-refractivity contribution in [1.29, 1.82) is 0 Å². The number of sulfonamides is 1. The van der Waals surface area contributed by atoms with Crippen molar-refractivity contribution in [3.05, 3.63) is 54.1 Å². The van der Waals surface area contributed by atoms with Crippen molar-refractivity contribution in [2.24, 2.45) is 0 Å². The van der Waals surface area contributed by atoms with Gasteiger partial charge in [0.25, 0.3) is 5.91 Å². The lowest BCUT2D eigenvalue weighted by Crippen LogP contribution is -2.60. The van der Waals surface area contributed by atoms with Crippen LogP contribution >= 0.6 is 12.6 Å². The third kappa shape index (κ3) is 5.49. The first-order chi connectivity index (χ1) is 19.3. The fraction of sp³-hybridized carbons (Fsp3) is 0.500. The summed E-state index contributed by atoms with van der Waals surface area (Å²) in [5.41, 5.74) is -4.15. The van der Waals surface area contributed by atoms with Gasteiger partial charge in [-0.25, -0.2) is 13.2 Å². The first-order valence-corrected chi connectivity index (χ1v) is 15.3. The van der Waals surface area contributed by atoms with E-state index in [4.69, 9.17) is 0 Å². The Morgan fingerprint density at radius 1 is 1.05 bits per heavy atom. The fourth-order valence-corrected chi connectivity index (χ4v) is 7.39. The van der Waals surface area contributed by atoms with Crippen LogP contribution in [0.25, 0.3) is 0 Å². The van der Waals surface area contributed by atoms with Crippen molar-refractivity contribution in [3.8, 4) is 0 Å². The molecule has 2 heterocycles. The number of carbonyl (C=O) groups is 2. The maximum absolute atomic E-state index is 13.6. The van der Waals surface area contributed by atoms with Crippen LogP contribution in [-0.4, -0.2) is 89.5 Å². The molecule has 3 amide bonds. The van der Waals surface area contributed by atoms with Gasteiger partial charge in [-0.15, -0.1) is 12.6 Å². The van der Waals surface area contributed by atoms with Gasteiger partial charge in [0.15, 0.2) is 5.60 Å². The molecular weight excluding hydrogens is 593 g/mol. The molecule has 0 bridgehead atoms. The second kappa shape index (κ2) is 11.0. The molecule has 2 saturated heterocycles. The van der Waals surface area contributed by atoms with Gasteiger partial charge in [0.1, 0.15) is 5.54 Å². The molecule has 0 unspecified atom stereocenters. The summed E-state index contributed by atoms with van der Waals surface area (Å²) in [7, 11) is -3.99. The van der Waals surface area contributed by atoms with Crippen LogP contribution in [0.5, 0.6) is 0 Å². The Hall–Kier alpha value is -2.81. The zero-order valence-corrected chi connectivity index (χ0v) is 25.7. The van der Waals surface area contributed by atoms with Gasteiger partial charge in [-0.2, -0.15) is 17.5 Å². The molecule has 4 rings (SSSR count). The highest BCUT2D eigenvalue weighted by atomic mass is 32.2. The number of thiol groups is 1. The van der Waals surface area contributed by atoms with Crippen LogP contribution in [0.15, 0.2) is 58.3 Å². The first kappa shape index (κ1) is 32.1. The van der Waals surface area contributed by atoms with Crippen molar-refractivity contribution < 1.29 is 36.3 Å². The zero-order chi connectivity index (χ0) is 31.4. The van der Waals surface area contributed by atoms with Gasteiger partial charge in [0, 0.05) is 42.8 Å². The molecule has 2 atom stereocenters. The largest absolute Gasteiger partial charge is 0.421 e. The number of urea groups is 1. The molecule has 0 aliphatic carbocycles. The van der Waals surface area contributed by atoms with Gasteiger partial charge in [-0.1, -0.05) is 24.3 Å². The minimum Gasteiger partial charge on any atom is -0.376 e. The van der Waals surface area contributed by atoms with Gasteiger partial charge in [0.05, 0.1) is 10.9 Å². The van der Waals surface area contributed by atoms with Gasteiger partial charge in [-0.05, 0) is 64.4 Å². The number of piperazine rings is 1. The molecule has 0 radical (unpaired) electrons. The summed E-state index contributed by atoms with van der Waals surface area (Å²) in [6.45, 7) is 7.48. The quantitative estimate of drug-likeness (QED) is 0.354. The summed E-state index contributed by atoms with van der Waals surface area (Å²) >= 11 is 4.32. The molecular formula is C28H35F3N4O5S2. The van der Waals surface area contributed by atoms with Gasteiger partial charge >= 0.3 is 12.2 Å². The van der Waals surface area contributed by atoms with Crippen LogP contribution < -0.4 is 4.90 Å². The number of hydrogen-bond acceptors (Lipinski definition) is 7. The van der Waals surface area contributed by atoms with E-state index >= 15 is 0 Å². The van der Waals surface area contributed by atoms with Crippen LogP contribution in [0.3, 0.4) is 0 Å². The lowest BCUT2D eigenvalue weighted by atomic mass is 9.95. The van der Waals surface area contributed by atoms with Crippen LogP contribution in [0.2, 0.25) is 0 Å². The third-order valence-electron chi connectivity index (χ3n) is 8.01. The Balaban J connectivity index is 1.72. The van der Waals surface area contributed by atoms with E-state index in [0.29, 0.717) is 12.6 Å². The Morgan fingerprint density at radius 3 is 2.17 bits per heavy atom. The second-order valence-corrected chi connectivity index (χ2v) is 13.9. The number of rotatable bonds is 7. The molecule has 9 nitrogen and oxygen atoms in total. The highest BCUT2D eigenvalue weighted by Crippen LogP contribution is 2.39. The van der Waals surface area contributed by atoms with E-state index in [1.165, 1.54) is 44.4 Å². The molecule has 2 aromatic rings. The van der Waals surface area contributed by atoms with E-state index in [0.717, 1.165) is 0 Å². The topological polar surface area (TPSA) is 101 Å². The highest BCUT2D eigenvalue weighted by molar-refractivity contribution is 7.90. The molecule has 42 heavy (non-hydrogen) atoms. The first-order valence-electron chi connectivity index (χ1n) is 13.4. The van der Waals surface area contributed by atoms with Crippen molar-refractivity contribution in [3.63, 3.8) is 0 Å². The maximum Gasteiger partial charge on any atom is 0.421 e. The normalized spacial score (nSPS) is 21.8. The summed E-state index contributed by atoms with van der Waals surface area (Å²) in [6, 6.07) is 9.93. The summed E-state index contributed by atoms with van der Waals surface area (Å²) in [5.74, 6) is -0.378. The fourth-order valence-electron chi connectivity index (χ4n) is 5.34. The molecule has 0 aromatic heterocycles. The van der Waals surface area contributed by atoms with Crippen molar-refractivity contribution in [2.45, 2.75) is 73.8 Å². The summed E-state index contributed by atoms with van der Waals surface area (Å²) in [5, 5.41) is 10.1. The van der Waals surface area contributed by atoms with Gasteiger partial charge in [-0.3, -0.25) is 9.69 Å². The standard InChI is InChI=1S/C28H35F3N4O5S2/c1-18(2)35-24(36)26(3,4)34(25(35)37)17-21-16-32(42(39,40)23-9-7-6-8-22(23)41)14-15-33(21)20-12-10-19(11-13-20)27(5,38)28(29,30)31/h6-13,18,21,38,41H,14-17H2,1-5H3/t21-,27+/m1/s1. The lowest BCUT2D eigenvalue weighted by Gasteiger charge is -2.44. The number of imide groups is 1. The number of carbonyl (C=O) groups excluding carboxylic acids is 2. The SMILES string of the molecule is CC(C)N1C(=O)N(C[C@H]2CN(S(=O)(=O)c3ccccc3S)CCN2c2ccc([C@](C)(O)C(F)(F)F)cc2)C(C)(C)C1=O. The third-order valence-corrected chi connectivity index (χ3v) is 10.5. The Labute approximate surface area is 249 Å². The molecule has 14 heteroatoms. The van der Waals surface area contributed by atoms with E-state index in [-0.39, 0.29) is 47.4 Å². The van der Waals surface area contributed by atoms with Gasteiger partial charge in [0.2, 0.25) is 10.0 Å². The summed E-state index contributed by atoms with van der Waals surface area (Å²) in [4.78, 5) is 31.3. The lowest BCUT2D eigenvalue weighted by molar-refractivity contribution is -0.258. The molecule has 2 aliphatic rings. The van der Waals surface area contributed by atoms with Crippen molar-refractivity contribution >= 4 is 40.3 Å². The minimum atomic E-state index is -4.89. The molecule has 0 saturated carbocycles. The van der Waals surface area contributed by atoms with E-state index in [1.54, 1.807) is 45.9 Å².